The molecule has 0 bridgehead atoms. The van der Waals surface area contributed by atoms with E-state index in [1.165, 1.54) is 6.07 Å². The van der Waals surface area contributed by atoms with Crippen LogP contribution in [-0.2, 0) is 6.42 Å². The van der Waals surface area contributed by atoms with Crippen LogP contribution in [0.1, 0.15) is 24.7 Å². The molecule has 1 fully saturated rings. The highest BCUT2D eigenvalue weighted by Crippen LogP contribution is 2.31. The summed E-state index contributed by atoms with van der Waals surface area (Å²) in [5, 5.41) is 0. The van der Waals surface area contributed by atoms with Crippen LogP contribution in [0.5, 0.6) is 0 Å². The van der Waals surface area contributed by atoms with Crippen LogP contribution >= 0.6 is 11.6 Å². The summed E-state index contributed by atoms with van der Waals surface area (Å²) < 4.78 is 29.7. The molecule has 2 heterocycles. The summed E-state index contributed by atoms with van der Waals surface area (Å²) in [6.45, 7) is 1.89. The normalized spacial score (nSPS) is 17.7. The maximum absolute atomic E-state index is 14.3. The predicted octanol–water partition coefficient (Wildman–Crippen LogP) is 3.36. The number of rotatable bonds is 3. The fourth-order valence-corrected chi connectivity index (χ4v) is 3.25. The van der Waals surface area contributed by atoms with E-state index in [1.807, 2.05) is 4.57 Å². The van der Waals surface area contributed by atoms with Crippen LogP contribution in [0, 0.1) is 11.6 Å². The predicted molar refractivity (Wildman–Crippen MR) is 79.8 cm³/mol. The molecule has 114 valence electrons. The van der Waals surface area contributed by atoms with Crippen molar-refractivity contribution in [3.8, 4) is 0 Å². The summed E-state index contributed by atoms with van der Waals surface area (Å²) in [5.41, 5.74) is 0.789. The number of aryl methyl sites for hydroxylation is 1. The van der Waals surface area contributed by atoms with Gasteiger partial charge in [-0.2, -0.15) is 0 Å². The minimum atomic E-state index is -0.825. The minimum Gasteiger partial charge on any atom is -0.322 e. The molecular formula is C15H18ClF2N3. The van der Waals surface area contributed by atoms with E-state index in [0.29, 0.717) is 17.8 Å². The van der Waals surface area contributed by atoms with E-state index in [4.69, 9.17) is 11.6 Å². The van der Waals surface area contributed by atoms with Crippen LogP contribution in [0.25, 0.3) is 11.0 Å². The minimum absolute atomic E-state index is 0.153. The van der Waals surface area contributed by atoms with Crippen LogP contribution in [0.4, 0.5) is 8.78 Å². The molecule has 3 rings (SSSR count). The third kappa shape index (κ3) is 2.64. The molecule has 1 aliphatic rings. The Hall–Kier alpha value is -1.20. The van der Waals surface area contributed by atoms with E-state index in [9.17, 15) is 8.78 Å². The highest BCUT2D eigenvalue weighted by atomic mass is 35.5. The van der Waals surface area contributed by atoms with Crippen molar-refractivity contribution in [2.24, 2.45) is 0 Å². The average molecular weight is 314 g/mol. The van der Waals surface area contributed by atoms with Gasteiger partial charge in [-0.3, -0.25) is 0 Å². The number of benzene rings is 1. The third-order valence-electron chi connectivity index (χ3n) is 4.19. The van der Waals surface area contributed by atoms with E-state index >= 15 is 0 Å². The van der Waals surface area contributed by atoms with Gasteiger partial charge >= 0.3 is 0 Å². The molecule has 1 aromatic carbocycles. The van der Waals surface area contributed by atoms with Crippen LogP contribution in [0.2, 0.25) is 0 Å². The second kappa shape index (κ2) is 5.89. The summed E-state index contributed by atoms with van der Waals surface area (Å²) in [6.07, 6.45) is 2.38. The zero-order chi connectivity index (χ0) is 15.0. The Bertz CT molecular complexity index is 648. The van der Waals surface area contributed by atoms with Gasteiger partial charge in [0.1, 0.15) is 11.3 Å². The first-order valence-corrected chi connectivity index (χ1v) is 7.74. The number of hydrogen-bond acceptors (Lipinski definition) is 2. The maximum atomic E-state index is 14.3. The van der Waals surface area contributed by atoms with E-state index in [1.54, 1.807) is 0 Å². The molecule has 6 heteroatoms. The molecule has 0 unspecified atom stereocenters. The average Bonchev–Trinajstić information content (AvgIpc) is 2.83. The molecule has 0 spiro atoms. The number of hydrogen-bond donors (Lipinski definition) is 0. The quantitative estimate of drug-likeness (QED) is 0.810. The molecule has 0 radical (unpaired) electrons. The maximum Gasteiger partial charge on any atom is 0.184 e. The Labute approximate surface area is 127 Å². The van der Waals surface area contributed by atoms with Gasteiger partial charge in [-0.25, -0.2) is 13.8 Å². The van der Waals surface area contributed by atoms with Crippen LogP contribution in [0.15, 0.2) is 12.1 Å². The molecule has 0 saturated carbocycles. The lowest BCUT2D eigenvalue weighted by Gasteiger charge is -2.31. The molecule has 1 saturated heterocycles. The van der Waals surface area contributed by atoms with Gasteiger partial charge in [0, 0.05) is 18.3 Å². The zero-order valence-corrected chi connectivity index (χ0v) is 12.7. The molecule has 0 aliphatic carbocycles. The molecule has 2 aromatic rings. The Morgan fingerprint density at radius 3 is 2.67 bits per heavy atom. The van der Waals surface area contributed by atoms with Crippen molar-refractivity contribution >= 4 is 22.6 Å². The van der Waals surface area contributed by atoms with Crippen molar-refractivity contribution in [3.05, 3.63) is 29.6 Å². The smallest absolute Gasteiger partial charge is 0.184 e. The van der Waals surface area contributed by atoms with E-state index in [-0.39, 0.29) is 11.6 Å². The van der Waals surface area contributed by atoms with Gasteiger partial charge in [0.2, 0.25) is 0 Å². The van der Waals surface area contributed by atoms with E-state index in [0.717, 1.165) is 37.8 Å². The van der Waals surface area contributed by atoms with Crippen LogP contribution in [0.3, 0.4) is 0 Å². The highest BCUT2D eigenvalue weighted by molar-refractivity contribution is 6.17. The lowest BCUT2D eigenvalue weighted by Crippen LogP contribution is -2.32. The molecule has 3 nitrogen and oxygen atoms in total. The first kappa shape index (κ1) is 14.7. The second-order valence-electron chi connectivity index (χ2n) is 5.60. The number of fused-ring (bicyclic) bond motifs is 1. The van der Waals surface area contributed by atoms with Gasteiger partial charge < -0.3 is 9.47 Å². The molecular weight excluding hydrogens is 296 g/mol. The summed E-state index contributed by atoms with van der Waals surface area (Å²) in [4.78, 5) is 6.70. The number of likely N-dealkylation sites (tertiary alicyclic amines) is 1. The highest BCUT2D eigenvalue weighted by Gasteiger charge is 2.25. The number of aromatic nitrogens is 2. The Morgan fingerprint density at radius 1 is 1.29 bits per heavy atom. The monoisotopic (exact) mass is 313 g/mol. The Morgan fingerprint density at radius 2 is 2.00 bits per heavy atom. The molecule has 1 aliphatic heterocycles. The largest absolute Gasteiger partial charge is 0.322 e. The van der Waals surface area contributed by atoms with Gasteiger partial charge in [-0.15, -0.1) is 11.6 Å². The first-order valence-electron chi connectivity index (χ1n) is 7.21. The molecule has 0 atom stereocenters. The zero-order valence-electron chi connectivity index (χ0n) is 12.0. The number of halogens is 3. The van der Waals surface area contributed by atoms with Gasteiger partial charge in [0.15, 0.2) is 11.6 Å². The number of imidazole rings is 1. The van der Waals surface area contributed by atoms with E-state index < -0.39 is 11.6 Å². The number of nitrogens with zero attached hydrogens (tertiary/aromatic N) is 3. The fraction of sp³-hybridized carbons (Fsp3) is 0.533. The number of alkyl halides is 1. The summed E-state index contributed by atoms with van der Waals surface area (Å²) in [6, 6.07) is 2.83. The Balaban J connectivity index is 2.13. The first-order chi connectivity index (χ1) is 10.1. The fourth-order valence-electron chi connectivity index (χ4n) is 3.08. The van der Waals surface area contributed by atoms with Gasteiger partial charge in [0.25, 0.3) is 0 Å². The molecule has 1 aromatic heterocycles. The van der Waals surface area contributed by atoms with Crippen molar-refractivity contribution in [3.63, 3.8) is 0 Å². The molecule has 0 amide bonds. The van der Waals surface area contributed by atoms with Crippen molar-refractivity contribution in [1.82, 2.24) is 14.5 Å². The van der Waals surface area contributed by atoms with Crippen molar-refractivity contribution in [1.29, 1.82) is 0 Å². The summed E-state index contributed by atoms with van der Waals surface area (Å²) in [7, 11) is 2.07. The molecule has 0 N–H and O–H groups in total. The lowest BCUT2D eigenvalue weighted by molar-refractivity contribution is 0.221. The van der Waals surface area contributed by atoms with E-state index in [2.05, 4.69) is 16.9 Å². The van der Waals surface area contributed by atoms with Gasteiger partial charge in [-0.05, 0) is 45.1 Å². The van der Waals surface area contributed by atoms with Crippen molar-refractivity contribution < 1.29 is 8.78 Å². The van der Waals surface area contributed by atoms with Crippen molar-refractivity contribution in [2.45, 2.75) is 25.3 Å². The summed E-state index contributed by atoms with van der Waals surface area (Å²) >= 11 is 5.84. The summed E-state index contributed by atoms with van der Waals surface area (Å²) in [5.74, 6) is -0.465. The van der Waals surface area contributed by atoms with Gasteiger partial charge in [0.05, 0.1) is 5.52 Å². The lowest BCUT2D eigenvalue weighted by atomic mass is 10.0. The van der Waals surface area contributed by atoms with Crippen LogP contribution < -0.4 is 0 Å². The Kier molecular flexibility index (Phi) is 4.13. The topological polar surface area (TPSA) is 21.1 Å². The number of piperidine rings is 1. The SMILES string of the molecule is CN1CCC(n2c(CCCl)nc3ccc(F)c(F)c32)CC1. The van der Waals surface area contributed by atoms with Crippen LogP contribution in [-0.4, -0.2) is 40.5 Å². The third-order valence-corrected chi connectivity index (χ3v) is 4.38. The van der Waals surface area contributed by atoms with Gasteiger partial charge in [-0.1, -0.05) is 0 Å². The van der Waals surface area contributed by atoms with Crippen molar-refractivity contribution in [2.75, 3.05) is 26.0 Å². The second-order valence-corrected chi connectivity index (χ2v) is 5.98. The standard InChI is InChI=1S/C15H18ClF2N3/c1-20-8-5-10(6-9-20)21-13(4-7-16)19-12-3-2-11(17)14(18)15(12)21/h2-3,10H,4-9H2,1H3. The molecule has 21 heavy (non-hydrogen) atoms.